The quantitative estimate of drug-likeness (QED) is 0.728. The topological polar surface area (TPSA) is 53.2 Å². The fourth-order valence-corrected chi connectivity index (χ4v) is 3.63. The Hall–Kier alpha value is -2.73. The summed E-state index contributed by atoms with van der Waals surface area (Å²) in [6, 6.07) is 13.2. The van der Waals surface area contributed by atoms with Crippen molar-refractivity contribution in [3.05, 3.63) is 81.3 Å². The molecule has 0 unspecified atom stereocenters. The molecule has 1 amide bonds. The summed E-state index contributed by atoms with van der Waals surface area (Å²) in [7, 11) is 0. The van der Waals surface area contributed by atoms with Gasteiger partial charge in [0.25, 0.3) is 5.91 Å². The Morgan fingerprint density at radius 2 is 2.00 bits per heavy atom. The third kappa shape index (κ3) is 4.08. The van der Waals surface area contributed by atoms with Crippen LogP contribution >= 0.6 is 11.3 Å². The van der Waals surface area contributed by atoms with E-state index in [0.29, 0.717) is 12.1 Å². The minimum Gasteiger partial charge on any atom is -0.331 e. The molecule has 0 aliphatic carbocycles. The van der Waals surface area contributed by atoms with Gasteiger partial charge in [0.15, 0.2) is 0 Å². The van der Waals surface area contributed by atoms with Crippen LogP contribution in [-0.2, 0) is 6.54 Å². The maximum Gasteiger partial charge on any atom is 0.255 e. The zero-order valence-corrected chi connectivity index (χ0v) is 15.3. The van der Waals surface area contributed by atoms with Crippen LogP contribution in [0.1, 0.15) is 29.1 Å². The molecule has 26 heavy (non-hydrogen) atoms. The van der Waals surface area contributed by atoms with Crippen molar-refractivity contribution in [3.63, 3.8) is 0 Å². The van der Waals surface area contributed by atoms with Crippen LogP contribution < -0.4 is 5.56 Å². The fraction of sp³-hybridized carbons (Fsp3) is 0.200. The Bertz CT molecular complexity index is 957. The van der Waals surface area contributed by atoms with Crippen molar-refractivity contribution in [2.45, 2.75) is 26.4 Å². The number of carbonyl (C=O) groups is 1. The molecular weight excluding hydrogens is 351 g/mol. The molecule has 0 fully saturated rings. The number of aromatic nitrogens is 1. The number of H-pyrrole nitrogens is 1. The maximum atomic E-state index is 13.4. The summed E-state index contributed by atoms with van der Waals surface area (Å²) in [4.78, 5) is 30.2. The molecule has 3 rings (SSSR count). The van der Waals surface area contributed by atoms with E-state index in [-0.39, 0.29) is 23.3 Å². The minimum absolute atomic E-state index is 0.00542. The molecule has 1 aromatic carbocycles. The first kappa shape index (κ1) is 18.1. The lowest BCUT2D eigenvalue weighted by Gasteiger charge is -2.26. The molecular formula is C20H19FN2O2S. The molecule has 6 heteroatoms. The second-order valence-corrected chi connectivity index (χ2v) is 7.41. The monoisotopic (exact) mass is 370 g/mol. The average molecular weight is 370 g/mol. The van der Waals surface area contributed by atoms with Crippen LogP contribution in [0, 0.1) is 5.82 Å². The van der Waals surface area contributed by atoms with E-state index in [4.69, 9.17) is 0 Å². The Kier molecular flexibility index (Phi) is 5.32. The fourth-order valence-electron chi connectivity index (χ4n) is 2.63. The molecule has 0 aliphatic rings. The molecule has 1 N–H and O–H groups in total. The summed E-state index contributed by atoms with van der Waals surface area (Å²) in [6.07, 6.45) is 1.44. The Balaban J connectivity index is 1.81. The Labute approximate surface area is 154 Å². The third-order valence-electron chi connectivity index (χ3n) is 4.01. The van der Waals surface area contributed by atoms with Gasteiger partial charge in [-0.15, -0.1) is 11.3 Å². The molecule has 0 aliphatic heterocycles. The lowest BCUT2D eigenvalue weighted by atomic mass is 10.2. The van der Waals surface area contributed by atoms with Crippen LogP contribution in [0.4, 0.5) is 4.39 Å². The zero-order chi connectivity index (χ0) is 18.7. The van der Waals surface area contributed by atoms with Gasteiger partial charge in [-0.2, -0.15) is 0 Å². The van der Waals surface area contributed by atoms with Crippen LogP contribution in [-0.4, -0.2) is 21.8 Å². The molecule has 4 nitrogen and oxygen atoms in total. The van der Waals surface area contributed by atoms with Crippen LogP contribution in [0.25, 0.3) is 10.4 Å². The van der Waals surface area contributed by atoms with Crippen molar-refractivity contribution in [2.24, 2.45) is 0 Å². The second-order valence-electron chi connectivity index (χ2n) is 6.24. The highest BCUT2D eigenvalue weighted by atomic mass is 32.1. The molecule has 0 bridgehead atoms. The lowest BCUT2D eigenvalue weighted by Crippen LogP contribution is -2.36. The zero-order valence-electron chi connectivity index (χ0n) is 14.5. The van der Waals surface area contributed by atoms with Crippen LogP contribution in [0.5, 0.6) is 0 Å². The number of hydrogen-bond acceptors (Lipinski definition) is 3. The molecule has 2 heterocycles. The van der Waals surface area contributed by atoms with Gasteiger partial charge >= 0.3 is 0 Å². The summed E-state index contributed by atoms with van der Waals surface area (Å²) in [5, 5.41) is 0. The van der Waals surface area contributed by atoms with Crippen molar-refractivity contribution in [1.82, 2.24) is 9.88 Å². The number of halogens is 1. The van der Waals surface area contributed by atoms with Gasteiger partial charge in [0.1, 0.15) is 5.82 Å². The second kappa shape index (κ2) is 7.66. The number of benzene rings is 1. The molecule has 0 spiro atoms. The van der Waals surface area contributed by atoms with E-state index in [1.807, 2.05) is 32.0 Å². The minimum atomic E-state index is -0.269. The van der Waals surface area contributed by atoms with E-state index in [2.05, 4.69) is 4.98 Å². The van der Waals surface area contributed by atoms with E-state index >= 15 is 0 Å². The highest BCUT2D eigenvalue weighted by Gasteiger charge is 2.20. The predicted octanol–water partition coefficient (Wildman–Crippen LogP) is 4.29. The van der Waals surface area contributed by atoms with Crippen LogP contribution in [0.2, 0.25) is 0 Å². The first-order chi connectivity index (χ1) is 12.4. The summed E-state index contributed by atoms with van der Waals surface area (Å²) in [5.41, 5.74) is 1.03. The Morgan fingerprint density at radius 1 is 1.19 bits per heavy atom. The van der Waals surface area contributed by atoms with Crippen molar-refractivity contribution in [2.75, 3.05) is 0 Å². The first-order valence-electron chi connectivity index (χ1n) is 8.28. The van der Waals surface area contributed by atoms with Crippen molar-refractivity contribution >= 4 is 17.2 Å². The van der Waals surface area contributed by atoms with E-state index in [1.54, 1.807) is 11.0 Å². The number of carbonyl (C=O) groups excluding carboxylic acids is 1. The maximum absolute atomic E-state index is 13.4. The molecule has 134 valence electrons. The number of rotatable bonds is 5. The number of amides is 1. The van der Waals surface area contributed by atoms with E-state index in [9.17, 15) is 14.0 Å². The van der Waals surface area contributed by atoms with Gasteiger partial charge in [0, 0.05) is 28.1 Å². The van der Waals surface area contributed by atoms with Crippen LogP contribution in [0.3, 0.4) is 0 Å². The van der Waals surface area contributed by atoms with Gasteiger partial charge in [-0.3, -0.25) is 9.59 Å². The van der Waals surface area contributed by atoms with Gasteiger partial charge in [-0.05, 0) is 49.7 Å². The molecule has 3 aromatic rings. The summed E-state index contributed by atoms with van der Waals surface area (Å²) in [5.74, 6) is -0.411. The summed E-state index contributed by atoms with van der Waals surface area (Å²) in [6.45, 7) is 4.35. The number of thiophene rings is 1. The van der Waals surface area contributed by atoms with E-state index in [1.165, 1.54) is 41.8 Å². The number of nitrogens with one attached hydrogen (secondary N) is 1. The smallest absolute Gasteiger partial charge is 0.255 e. The standard InChI is InChI=1S/C20H19FN2O2S/c1-13(2)23(20(25)15-6-9-19(24)22-11-15)12-17-7-8-18(26-17)14-4-3-5-16(21)10-14/h3-11,13H,12H2,1-2H3,(H,22,24). The lowest BCUT2D eigenvalue weighted by molar-refractivity contribution is 0.0692. The normalized spacial score (nSPS) is 10.9. The van der Waals surface area contributed by atoms with Crippen molar-refractivity contribution in [1.29, 1.82) is 0 Å². The van der Waals surface area contributed by atoms with Crippen molar-refractivity contribution in [3.8, 4) is 10.4 Å². The number of pyridine rings is 1. The van der Waals surface area contributed by atoms with Gasteiger partial charge < -0.3 is 9.88 Å². The molecule has 2 aromatic heterocycles. The average Bonchev–Trinajstić information content (AvgIpc) is 3.08. The largest absolute Gasteiger partial charge is 0.331 e. The first-order valence-corrected chi connectivity index (χ1v) is 9.10. The van der Waals surface area contributed by atoms with Crippen LogP contribution in [0.15, 0.2) is 59.5 Å². The van der Waals surface area contributed by atoms with Gasteiger partial charge in [0.2, 0.25) is 5.56 Å². The van der Waals surface area contributed by atoms with E-state index < -0.39 is 0 Å². The number of aromatic amines is 1. The third-order valence-corrected chi connectivity index (χ3v) is 5.13. The van der Waals surface area contributed by atoms with Crippen molar-refractivity contribution < 1.29 is 9.18 Å². The predicted molar refractivity (Wildman–Crippen MR) is 102 cm³/mol. The van der Waals surface area contributed by atoms with E-state index in [0.717, 1.165) is 15.3 Å². The molecule has 0 atom stereocenters. The number of nitrogens with zero attached hydrogens (tertiary/aromatic N) is 1. The highest BCUT2D eigenvalue weighted by molar-refractivity contribution is 7.15. The highest BCUT2D eigenvalue weighted by Crippen LogP contribution is 2.29. The van der Waals surface area contributed by atoms with Gasteiger partial charge in [-0.1, -0.05) is 12.1 Å². The van der Waals surface area contributed by atoms with Gasteiger partial charge in [0.05, 0.1) is 12.1 Å². The summed E-state index contributed by atoms with van der Waals surface area (Å²) < 4.78 is 13.4. The number of hydrogen-bond donors (Lipinski definition) is 1. The Morgan fingerprint density at radius 3 is 2.65 bits per heavy atom. The summed E-state index contributed by atoms with van der Waals surface area (Å²) >= 11 is 1.54. The SMILES string of the molecule is CC(C)N(Cc1ccc(-c2cccc(F)c2)s1)C(=O)c1ccc(=O)[nH]c1. The molecule has 0 saturated heterocycles. The molecule has 0 saturated carbocycles. The molecule has 0 radical (unpaired) electrons. The van der Waals surface area contributed by atoms with Gasteiger partial charge in [-0.25, -0.2) is 4.39 Å².